The van der Waals surface area contributed by atoms with E-state index in [0.717, 1.165) is 53.5 Å². The van der Waals surface area contributed by atoms with E-state index >= 15 is 0 Å². The summed E-state index contributed by atoms with van der Waals surface area (Å²) < 4.78 is 52.0. The minimum atomic E-state index is -4.48. The van der Waals surface area contributed by atoms with E-state index in [9.17, 15) is 27.6 Å². The summed E-state index contributed by atoms with van der Waals surface area (Å²) >= 11 is 0. The molecule has 7 rings (SSSR count). The van der Waals surface area contributed by atoms with Crippen LogP contribution in [0.25, 0.3) is 22.5 Å². The van der Waals surface area contributed by atoms with Crippen molar-refractivity contribution in [1.82, 2.24) is 20.2 Å². The summed E-state index contributed by atoms with van der Waals surface area (Å²) in [4.78, 5) is 45.6. The molecule has 0 atom stereocenters. The van der Waals surface area contributed by atoms with Gasteiger partial charge in [-0.3, -0.25) is 24.4 Å². The number of alkyl halides is 3. The molecule has 12 heteroatoms. The van der Waals surface area contributed by atoms with E-state index in [1.165, 1.54) is 24.7 Å². The van der Waals surface area contributed by atoms with Crippen molar-refractivity contribution in [2.24, 2.45) is 17.3 Å². The van der Waals surface area contributed by atoms with Crippen LogP contribution in [0.3, 0.4) is 0 Å². The molecule has 9 nitrogen and oxygen atoms in total. The first-order valence-corrected chi connectivity index (χ1v) is 19.4. The molecule has 296 valence electrons. The minimum absolute atomic E-state index is 0.0105. The number of benzene rings is 2. The SMILES string of the molecule is CC(=O)c1ccc(-c2ccc(OCC3CCN(C(=O)C4(C(F)(F)F)CCC4)CC3)cn2)cc1.CC(=O)c1ccc(-c2ccc(OCC3CCNCC3)cn2)cc1. The lowest BCUT2D eigenvalue weighted by Gasteiger charge is -2.45. The van der Waals surface area contributed by atoms with E-state index in [1.54, 1.807) is 31.5 Å². The van der Waals surface area contributed by atoms with Gasteiger partial charge in [-0.15, -0.1) is 0 Å². The molecule has 2 aromatic carbocycles. The standard InChI is InChI=1S/C25H27F3N2O3.C19H22N2O2/c1-17(31)19-3-5-20(6-4-19)22-8-7-21(15-29-22)33-16-18-9-13-30(14-10-18)23(32)24(11-2-12-24)25(26,27)28;1-14(22)16-2-4-17(5-3-16)19-7-6-18(12-21-19)23-13-15-8-10-20-11-9-15/h3-8,15,18H,2,9-14,16H2,1H3;2-7,12,15,20H,8-11,13H2,1H3. The maximum absolute atomic E-state index is 13.4. The van der Waals surface area contributed by atoms with E-state index in [-0.39, 0.29) is 30.3 Å². The van der Waals surface area contributed by atoms with E-state index in [0.29, 0.717) is 56.2 Å². The highest BCUT2D eigenvalue weighted by Crippen LogP contribution is 2.54. The first-order valence-electron chi connectivity index (χ1n) is 19.4. The van der Waals surface area contributed by atoms with Crippen LogP contribution in [0.1, 0.15) is 79.5 Å². The molecule has 0 unspecified atom stereocenters. The fraction of sp³-hybridized carbons (Fsp3) is 0.432. The lowest BCUT2D eigenvalue weighted by atomic mass is 9.67. The van der Waals surface area contributed by atoms with Crippen molar-refractivity contribution >= 4 is 17.5 Å². The fourth-order valence-corrected chi connectivity index (χ4v) is 7.26. The summed E-state index contributed by atoms with van der Waals surface area (Å²) in [6, 6.07) is 22.3. The molecule has 1 N–H and O–H groups in total. The van der Waals surface area contributed by atoms with Gasteiger partial charge < -0.3 is 19.7 Å². The van der Waals surface area contributed by atoms with Crippen molar-refractivity contribution in [2.45, 2.75) is 65.0 Å². The minimum Gasteiger partial charge on any atom is -0.492 e. The Bertz CT molecular complexity index is 1920. The Morgan fingerprint density at radius 1 is 0.696 bits per heavy atom. The molecule has 0 radical (unpaired) electrons. The lowest BCUT2D eigenvalue weighted by molar-refractivity contribution is -0.249. The molecule has 56 heavy (non-hydrogen) atoms. The summed E-state index contributed by atoms with van der Waals surface area (Å²) in [7, 11) is 0. The van der Waals surface area contributed by atoms with Gasteiger partial charge in [0.05, 0.1) is 37.0 Å². The second-order valence-corrected chi connectivity index (χ2v) is 15.0. The Morgan fingerprint density at radius 3 is 1.50 bits per heavy atom. The van der Waals surface area contributed by atoms with Crippen LogP contribution in [0.4, 0.5) is 13.2 Å². The molecule has 3 aliphatic rings. The van der Waals surface area contributed by atoms with Gasteiger partial charge in [0.1, 0.15) is 16.9 Å². The van der Waals surface area contributed by atoms with Crippen molar-refractivity contribution in [1.29, 1.82) is 0 Å². The molecule has 1 saturated carbocycles. The number of amides is 1. The van der Waals surface area contributed by atoms with Gasteiger partial charge in [0.15, 0.2) is 11.6 Å². The number of hydrogen-bond donors (Lipinski definition) is 1. The normalized spacial score (nSPS) is 17.2. The molecule has 1 amide bonds. The van der Waals surface area contributed by atoms with Crippen LogP contribution in [0.15, 0.2) is 85.2 Å². The third-order valence-electron chi connectivity index (χ3n) is 11.1. The van der Waals surface area contributed by atoms with E-state index in [4.69, 9.17) is 9.47 Å². The number of halogens is 3. The second kappa shape index (κ2) is 18.2. The zero-order chi connectivity index (χ0) is 39.7. The number of piperidine rings is 2. The highest BCUT2D eigenvalue weighted by Gasteiger charge is 2.64. The molecule has 2 saturated heterocycles. The van der Waals surface area contributed by atoms with E-state index < -0.39 is 17.5 Å². The zero-order valence-electron chi connectivity index (χ0n) is 31.9. The fourth-order valence-electron chi connectivity index (χ4n) is 7.26. The Balaban J connectivity index is 0.000000202. The molecule has 4 aromatic rings. The predicted octanol–water partition coefficient (Wildman–Crippen LogP) is 8.63. The average Bonchev–Trinajstić information content (AvgIpc) is 3.19. The quantitative estimate of drug-likeness (QED) is 0.151. The Labute approximate surface area is 326 Å². The van der Waals surface area contributed by atoms with Gasteiger partial charge in [0, 0.05) is 35.3 Å². The maximum Gasteiger partial charge on any atom is 0.403 e. The number of hydrogen-bond acceptors (Lipinski definition) is 8. The van der Waals surface area contributed by atoms with Crippen LogP contribution < -0.4 is 14.8 Å². The highest BCUT2D eigenvalue weighted by atomic mass is 19.4. The Kier molecular flexibility index (Phi) is 13.2. The highest BCUT2D eigenvalue weighted by molar-refractivity contribution is 5.95. The number of nitrogens with one attached hydrogen (secondary N) is 1. The van der Waals surface area contributed by atoms with Crippen LogP contribution in [0.2, 0.25) is 0 Å². The number of ether oxygens (including phenoxy) is 2. The van der Waals surface area contributed by atoms with Crippen molar-refractivity contribution in [2.75, 3.05) is 39.4 Å². The van der Waals surface area contributed by atoms with Crippen LogP contribution in [0.5, 0.6) is 11.5 Å². The van der Waals surface area contributed by atoms with Gasteiger partial charge in [-0.1, -0.05) is 55.0 Å². The van der Waals surface area contributed by atoms with Gasteiger partial charge in [-0.05, 0) is 102 Å². The summed E-state index contributed by atoms with van der Waals surface area (Å²) in [5, 5.41) is 3.36. The molecular formula is C44H49F3N4O5. The monoisotopic (exact) mass is 770 g/mol. The molecule has 0 bridgehead atoms. The lowest BCUT2D eigenvalue weighted by Crippen LogP contribution is -2.57. The second-order valence-electron chi connectivity index (χ2n) is 15.0. The predicted molar refractivity (Wildman–Crippen MR) is 208 cm³/mol. The number of aromatic nitrogens is 2. The first-order chi connectivity index (χ1) is 26.9. The molecule has 4 heterocycles. The number of likely N-dealkylation sites (tertiary alicyclic amines) is 1. The molecule has 3 fully saturated rings. The van der Waals surface area contributed by atoms with Gasteiger partial charge in [0.25, 0.3) is 0 Å². The van der Waals surface area contributed by atoms with Gasteiger partial charge in [0.2, 0.25) is 5.91 Å². The smallest absolute Gasteiger partial charge is 0.403 e. The molecule has 2 aromatic heterocycles. The molecule has 2 aliphatic heterocycles. The van der Waals surface area contributed by atoms with Crippen LogP contribution in [-0.2, 0) is 4.79 Å². The number of pyridine rings is 2. The summed E-state index contributed by atoms with van der Waals surface area (Å²) in [6.07, 6.45) is 2.78. The Morgan fingerprint density at radius 2 is 1.14 bits per heavy atom. The maximum atomic E-state index is 13.4. The van der Waals surface area contributed by atoms with Gasteiger partial charge in [-0.2, -0.15) is 13.2 Å². The molecule has 0 spiro atoms. The summed E-state index contributed by atoms with van der Waals surface area (Å²) in [5.41, 5.74) is 2.75. The van der Waals surface area contributed by atoms with Gasteiger partial charge >= 0.3 is 6.18 Å². The van der Waals surface area contributed by atoms with Gasteiger partial charge in [-0.25, -0.2) is 0 Å². The number of Topliss-reactive ketones (excluding diaryl/α,β-unsaturated/α-hetero) is 2. The van der Waals surface area contributed by atoms with Crippen LogP contribution in [-0.4, -0.2) is 77.9 Å². The number of rotatable bonds is 11. The van der Waals surface area contributed by atoms with Crippen molar-refractivity contribution < 1.29 is 37.0 Å². The number of carbonyl (C=O) groups excluding carboxylic acids is 3. The molecular weight excluding hydrogens is 722 g/mol. The van der Waals surface area contributed by atoms with Crippen molar-refractivity contribution in [3.8, 4) is 34.0 Å². The number of carbonyl (C=O) groups is 3. The van der Waals surface area contributed by atoms with Crippen LogP contribution >= 0.6 is 0 Å². The van der Waals surface area contributed by atoms with E-state index in [1.807, 2.05) is 60.7 Å². The van der Waals surface area contributed by atoms with Crippen molar-refractivity contribution in [3.05, 3.63) is 96.3 Å². The third-order valence-corrected chi connectivity index (χ3v) is 11.1. The largest absolute Gasteiger partial charge is 0.492 e. The zero-order valence-corrected chi connectivity index (χ0v) is 31.9. The first kappa shape index (κ1) is 40.6. The number of nitrogens with zero attached hydrogens (tertiary/aromatic N) is 3. The average molecular weight is 771 g/mol. The topological polar surface area (TPSA) is 111 Å². The summed E-state index contributed by atoms with van der Waals surface area (Å²) in [6.45, 7) is 7.12. The Hall–Kier alpha value is -5.10. The summed E-state index contributed by atoms with van der Waals surface area (Å²) in [5.74, 6) is 1.57. The third kappa shape index (κ3) is 10.0. The number of ketones is 2. The van der Waals surface area contributed by atoms with E-state index in [2.05, 4.69) is 15.3 Å². The van der Waals surface area contributed by atoms with Crippen LogP contribution in [0, 0.1) is 17.3 Å². The van der Waals surface area contributed by atoms with Crippen molar-refractivity contribution in [3.63, 3.8) is 0 Å². The molecule has 1 aliphatic carbocycles.